The maximum Gasteiger partial charge on any atom is 0.243 e. The maximum absolute atomic E-state index is 13.0. The van der Waals surface area contributed by atoms with Crippen LogP contribution in [0.4, 0.5) is 10.3 Å². The number of sulfonamides is 1. The summed E-state index contributed by atoms with van der Waals surface area (Å²) in [6, 6.07) is 5.26. The summed E-state index contributed by atoms with van der Waals surface area (Å²) in [6.45, 7) is 1.14. The summed E-state index contributed by atoms with van der Waals surface area (Å²) in [5.41, 5.74) is 0.485. The predicted molar refractivity (Wildman–Crippen MR) is 120 cm³/mol. The Labute approximate surface area is 196 Å². The molecule has 1 aromatic carbocycles. The van der Waals surface area contributed by atoms with E-state index in [-0.39, 0.29) is 29.9 Å². The molecule has 1 aliphatic heterocycles. The third-order valence-corrected chi connectivity index (χ3v) is 6.65. The summed E-state index contributed by atoms with van der Waals surface area (Å²) < 4.78 is 59.6. The molecule has 2 aromatic heterocycles. The van der Waals surface area contributed by atoms with Crippen LogP contribution >= 0.6 is 0 Å². The Hall–Kier alpha value is -3.32. The monoisotopic (exact) mass is 492 g/mol. The van der Waals surface area contributed by atoms with E-state index >= 15 is 0 Å². The molecule has 13 heteroatoms. The largest absolute Gasteiger partial charge is 0.494 e. The van der Waals surface area contributed by atoms with Crippen LogP contribution in [0.3, 0.4) is 0 Å². The number of aryl methyl sites for hydroxylation is 1. The number of methoxy groups -OCH3 is 2. The first-order valence-corrected chi connectivity index (χ1v) is 12.3. The second-order valence-electron chi connectivity index (χ2n) is 7.60. The fraction of sp³-hybridized carbons (Fsp3) is 0.429. The van der Waals surface area contributed by atoms with Crippen LogP contribution in [0.1, 0.15) is 30.4 Å². The lowest BCUT2D eigenvalue weighted by Crippen LogP contribution is -2.23. The van der Waals surface area contributed by atoms with Crippen LogP contribution in [0.25, 0.3) is 5.69 Å². The standard InChI is InChI=1S/C21H25FN6O5S/c1-31-16-4-3-5-17(32-2)19(16)28-20(14-6-9-33-10-7-14)25-26-21(28)27-34(29,30)11-8-18-23-12-15(22)13-24-18/h3-5,12-14H,6-11H2,1-2H3,(H,26,27). The minimum Gasteiger partial charge on any atom is -0.494 e. The highest BCUT2D eigenvalue weighted by Crippen LogP contribution is 2.38. The number of aromatic nitrogens is 5. The SMILES string of the molecule is COc1cccc(OC)c1-n1c(NS(=O)(=O)CCc2ncc(F)cn2)nnc1C1CCOCC1. The first kappa shape index (κ1) is 23.8. The molecule has 0 aliphatic carbocycles. The Morgan fingerprint density at radius 3 is 2.38 bits per heavy atom. The summed E-state index contributed by atoms with van der Waals surface area (Å²) >= 11 is 0. The van der Waals surface area contributed by atoms with Crippen molar-refractivity contribution in [2.24, 2.45) is 0 Å². The average molecular weight is 493 g/mol. The summed E-state index contributed by atoms with van der Waals surface area (Å²) in [6.07, 6.45) is 3.41. The number of anilines is 1. The van der Waals surface area contributed by atoms with E-state index in [0.717, 1.165) is 12.4 Å². The van der Waals surface area contributed by atoms with Gasteiger partial charge in [-0.25, -0.2) is 22.8 Å². The zero-order valence-electron chi connectivity index (χ0n) is 18.8. The highest BCUT2D eigenvalue weighted by molar-refractivity contribution is 7.92. The number of hydrogen-bond acceptors (Lipinski definition) is 9. The van der Waals surface area contributed by atoms with Gasteiger partial charge in [0.1, 0.15) is 28.8 Å². The molecule has 182 valence electrons. The Kier molecular flexibility index (Phi) is 7.22. The topological polar surface area (TPSA) is 130 Å². The van der Waals surface area contributed by atoms with Crippen LogP contribution < -0.4 is 14.2 Å². The van der Waals surface area contributed by atoms with E-state index in [4.69, 9.17) is 14.2 Å². The molecular formula is C21H25FN6O5S. The van der Waals surface area contributed by atoms with Crippen LogP contribution in [0.2, 0.25) is 0 Å². The normalized spacial score (nSPS) is 14.7. The minimum atomic E-state index is -3.88. The molecule has 0 bridgehead atoms. The molecule has 3 aromatic rings. The Morgan fingerprint density at radius 1 is 1.12 bits per heavy atom. The second-order valence-corrected chi connectivity index (χ2v) is 9.45. The van der Waals surface area contributed by atoms with Crippen molar-refractivity contribution in [2.75, 3.05) is 37.9 Å². The van der Waals surface area contributed by atoms with Crippen molar-refractivity contribution < 1.29 is 27.0 Å². The highest BCUT2D eigenvalue weighted by atomic mass is 32.2. The predicted octanol–water partition coefficient (Wildman–Crippen LogP) is 2.09. The van der Waals surface area contributed by atoms with Crippen molar-refractivity contribution in [1.29, 1.82) is 0 Å². The number of nitrogens with zero attached hydrogens (tertiary/aromatic N) is 5. The van der Waals surface area contributed by atoms with Gasteiger partial charge in [0.2, 0.25) is 16.0 Å². The van der Waals surface area contributed by atoms with Crippen molar-refractivity contribution >= 4 is 16.0 Å². The van der Waals surface area contributed by atoms with Crippen molar-refractivity contribution in [1.82, 2.24) is 24.7 Å². The first-order valence-electron chi connectivity index (χ1n) is 10.6. The molecule has 4 rings (SSSR count). The summed E-state index contributed by atoms with van der Waals surface area (Å²) in [4.78, 5) is 7.62. The fourth-order valence-corrected chi connectivity index (χ4v) is 4.70. The van der Waals surface area contributed by atoms with Crippen molar-refractivity contribution in [3.8, 4) is 17.2 Å². The number of rotatable bonds is 9. The molecule has 11 nitrogen and oxygen atoms in total. The average Bonchev–Trinajstić information content (AvgIpc) is 3.25. The van der Waals surface area contributed by atoms with E-state index in [1.54, 1.807) is 22.8 Å². The van der Waals surface area contributed by atoms with E-state index < -0.39 is 15.8 Å². The summed E-state index contributed by atoms with van der Waals surface area (Å²) in [5.74, 6) is 0.796. The van der Waals surface area contributed by atoms with Crippen LogP contribution in [0, 0.1) is 5.82 Å². The van der Waals surface area contributed by atoms with Gasteiger partial charge >= 0.3 is 0 Å². The van der Waals surface area contributed by atoms with Gasteiger partial charge in [-0.05, 0) is 25.0 Å². The van der Waals surface area contributed by atoms with Gasteiger partial charge in [-0.3, -0.25) is 9.29 Å². The number of nitrogens with one attached hydrogen (secondary N) is 1. The van der Waals surface area contributed by atoms with Gasteiger partial charge in [0.15, 0.2) is 5.82 Å². The number of halogens is 1. The second kappa shape index (κ2) is 10.3. The lowest BCUT2D eigenvalue weighted by molar-refractivity contribution is 0.0832. The zero-order chi connectivity index (χ0) is 24.1. The molecule has 0 saturated carbocycles. The van der Waals surface area contributed by atoms with Gasteiger partial charge in [0.05, 0.1) is 32.4 Å². The summed E-state index contributed by atoms with van der Waals surface area (Å²) in [5, 5.41) is 8.49. The van der Waals surface area contributed by atoms with Gasteiger partial charge in [-0.15, -0.1) is 10.2 Å². The van der Waals surface area contributed by atoms with E-state index in [2.05, 4.69) is 24.9 Å². The van der Waals surface area contributed by atoms with Crippen LogP contribution in [-0.4, -0.2) is 66.3 Å². The Balaban J connectivity index is 1.70. The molecule has 3 heterocycles. The van der Waals surface area contributed by atoms with Crippen LogP contribution in [-0.2, 0) is 21.2 Å². The van der Waals surface area contributed by atoms with Gasteiger partial charge < -0.3 is 14.2 Å². The molecule has 0 atom stereocenters. The van der Waals surface area contributed by atoms with Gasteiger partial charge in [0.25, 0.3) is 0 Å². The van der Waals surface area contributed by atoms with Crippen LogP contribution in [0.15, 0.2) is 30.6 Å². The Bertz CT molecular complexity index is 1210. The lowest BCUT2D eigenvalue weighted by atomic mass is 9.99. The number of ether oxygens (including phenoxy) is 3. The maximum atomic E-state index is 13.0. The zero-order valence-corrected chi connectivity index (χ0v) is 19.6. The first-order chi connectivity index (χ1) is 16.4. The Morgan fingerprint density at radius 2 is 1.76 bits per heavy atom. The number of benzene rings is 1. The fourth-order valence-electron chi connectivity index (χ4n) is 3.74. The highest BCUT2D eigenvalue weighted by Gasteiger charge is 2.29. The quantitative estimate of drug-likeness (QED) is 0.477. The van der Waals surface area contributed by atoms with Gasteiger partial charge in [0, 0.05) is 25.6 Å². The third kappa shape index (κ3) is 5.25. The van der Waals surface area contributed by atoms with E-state index in [1.807, 2.05) is 0 Å². The van der Waals surface area contributed by atoms with E-state index in [9.17, 15) is 12.8 Å². The number of hydrogen-bond donors (Lipinski definition) is 1. The molecular weight excluding hydrogens is 467 g/mol. The van der Waals surface area contributed by atoms with Gasteiger partial charge in [-0.2, -0.15) is 0 Å². The van der Waals surface area contributed by atoms with Crippen molar-refractivity contribution in [3.05, 3.63) is 48.1 Å². The minimum absolute atomic E-state index is 0.00161. The molecule has 1 aliphatic rings. The van der Waals surface area contributed by atoms with Crippen molar-refractivity contribution in [2.45, 2.75) is 25.2 Å². The molecule has 1 N–H and O–H groups in total. The van der Waals surface area contributed by atoms with Crippen LogP contribution in [0.5, 0.6) is 11.5 Å². The van der Waals surface area contributed by atoms with E-state index in [0.29, 0.717) is 49.1 Å². The molecule has 1 fully saturated rings. The third-order valence-electron chi connectivity index (χ3n) is 5.41. The lowest BCUT2D eigenvalue weighted by Gasteiger charge is -2.24. The number of para-hydroxylation sites is 1. The molecule has 1 saturated heterocycles. The van der Waals surface area contributed by atoms with Gasteiger partial charge in [-0.1, -0.05) is 6.07 Å². The molecule has 0 spiro atoms. The van der Waals surface area contributed by atoms with Crippen molar-refractivity contribution in [3.63, 3.8) is 0 Å². The summed E-state index contributed by atoms with van der Waals surface area (Å²) in [7, 11) is -0.849. The molecule has 34 heavy (non-hydrogen) atoms. The molecule has 0 radical (unpaired) electrons. The molecule has 0 amide bonds. The molecule has 0 unspecified atom stereocenters. The van der Waals surface area contributed by atoms with E-state index in [1.165, 1.54) is 14.2 Å². The smallest absolute Gasteiger partial charge is 0.243 e.